The summed E-state index contributed by atoms with van der Waals surface area (Å²) in [6, 6.07) is 1.88. The maximum absolute atomic E-state index is 12.5. The second-order valence-electron chi connectivity index (χ2n) is 5.68. The van der Waals surface area contributed by atoms with Gasteiger partial charge in [-0.15, -0.1) is 0 Å². The second kappa shape index (κ2) is 6.25. The molecule has 6 heteroatoms. The Kier molecular flexibility index (Phi) is 4.18. The van der Waals surface area contributed by atoms with Crippen LogP contribution in [0.2, 0.25) is 0 Å². The van der Waals surface area contributed by atoms with E-state index in [2.05, 4.69) is 15.1 Å². The molecule has 2 aromatic heterocycles. The van der Waals surface area contributed by atoms with Crippen LogP contribution in [0, 0.1) is 6.92 Å². The zero-order valence-corrected chi connectivity index (χ0v) is 13.1. The van der Waals surface area contributed by atoms with Crippen molar-refractivity contribution < 1.29 is 4.79 Å². The molecule has 1 amide bonds. The van der Waals surface area contributed by atoms with E-state index in [4.69, 9.17) is 0 Å². The van der Waals surface area contributed by atoms with Gasteiger partial charge in [-0.25, -0.2) is 0 Å². The first-order valence-electron chi connectivity index (χ1n) is 7.78. The Balaban J connectivity index is 1.64. The molecule has 1 aliphatic heterocycles. The van der Waals surface area contributed by atoms with Crippen LogP contribution in [0.4, 0.5) is 0 Å². The second-order valence-corrected chi connectivity index (χ2v) is 5.68. The summed E-state index contributed by atoms with van der Waals surface area (Å²) in [5.74, 6) is 0.431. The van der Waals surface area contributed by atoms with Crippen LogP contribution in [0.1, 0.15) is 47.6 Å². The molecule has 1 saturated heterocycles. The predicted octanol–water partition coefficient (Wildman–Crippen LogP) is 2.02. The lowest BCUT2D eigenvalue weighted by Gasteiger charge is -2.31. The third kappa shape index (κ3) is 2.86. The maximum atomic E-state index is 12.5. The van der Waals surface area contributed by atoms with E-state index in [9.17, 15) is 4.79 Å². The molecule has 0 radical (unpaired) electrons. The lowest BCUT2D eigenvalue weighted by Crippen LogP contribution is -2.38. The highest BCUT2D eigenvalue weighted by Gasteiger charge is 2.26. The number of aromatic nitrogens is 4. The van der Waals surface area contributed by atoms with E-state index in [1.807, 2.05) is 35.7 Å². The molecule has 116 valence electrons. The van der Waals surface area contributed by atoms with Gasteiger partial charge >= 0.3 is 0 Å². The van der Waals surface area contributed by atoms with E-state index >= 15 is 0 Å². The minimum Gasteiger partial charge on any atom is -0.337 e. The third-order valence-electron chi connectivity index (χ3n) is 4.28. The molecule has 3 heterocycles. The molecule has 0 unspecified atom stereocenters. The van der Waals surface area contributed by atoms with Gasteiger partial charge in [-0.3, -0.25) is 19.4 Å². The number of aryl methyl sites for hydroxylation is 2. The Morgan fingerprint density at radius 3 is 2.68 bits per heavy atom. The fourth-order valence-corrected chi connectivity index (χ4v) is 3.00. The number of carbonyl (C=O) groups excluding carboxylic acids is 1. The summed E-state index contributed by atoms with van der Waals surface area (Å²) in [6.07, 6.45) is 7.10. The van der Waals surface area contributed by atoms with Crippen molar-refractivity contribution in [3.63, 3.8) is 0 Å². The standard InChI is InChI=1S/C16H21N5O/c1-3-21-12(2)10-14(19-21)16(22)20-8-4-13(5-9-20)15-11-17-6-7-18-15/h6-7,10-11,13H,3-5,8-9H2,1-2H3. The van der Waals surface area contributed by atoms with Crippen molar-refractivity contribution in [3.8, 4) is 0 Å². The van der Waals surface area contributed by atoms with Gasteiger partial charge in [0.15, 0.2) is 5.69 Å². The average Bonchev–Trinajstić information content (AvgIpc) is 2.96. The van der Waals surface area contributed by atoms with Gasteiger partial charge in [-0.1, -0.05) is 0 Å². The summed E-state index contributed by atoms with van der Waals surface area (Å²) in [4.78, 5) is 22.9. The first-order valence-corrected chi connectivity index (χ1v) is 7.78. The molecule has 0 aromatic carbocycles. The van der Waals surface area contributed by atoms with Crippen LogP contribution in [-0.4, -0.2) is 43.6 Å². The van der Waals surface area contributed by atoms with Crippen LogP contribution in [0.5, 0.6) is 0 Å². The van der Waals surface area contributed by atoms with Crippen molar-refractivity contribution >= 4 is 5.91 Å². The largest absolute Gasteiger partial charge is 0.337 e. The van der Waals surface area contributed by atoms with Crippen LogP contribution in [0.15, 0.2) is 24.7 Å². The quantitative estimate of drug-likeness (QED) is 0.870. The molecule has 0 aliphatic carbocycles. The number of likely N-dealkylation sites (tertiary alicyclic amines) is 1. The molecule has 1 aliphatic rings. The minimum absolute atomic E-state index is 0.0351. The molecule has 6 nitrogen and oxygen atoms in total. The summed E-state index contributed by atoms with van der Waals surface area (Å²) in [5.41, 5.74) is 2.61. The highest BCUT2D eigenvalue weighted by Crippen LogP contribution is 2.26. The Bertz CT molecular complexity index is 644. The van der Waals surface area contributed by atoms with Crippen LogP contribution in [-0.2, 0) is 6.54 Å². The molecule has 22 heavy (non-hydrogen) atoms. The van der Waals surface area contributed by atoms with Crippen LogP contribution in [0.3, 0.4) is 0 Å². The van der Waals surface area contributed by atoms with Crippen LogP contribution in [0.25, 0.3) is 0 Å². The molecule has 1 fully saturated rings. The SMILES string of the molecule is CCn1nc(C(=O)N2CCC(c3cnccn3)CC2)cc1C. The summed E-state index contributed by atoms with van der Waals surface area (Å²) in [5, 5.41) is 4.38. The normalized spacial score (nSPS) is 16.0. The highest BCUT2D eigenvalue weighted by atomic mass is 16.2. The molecular weight excluding hydrogens is 278 g/mol. The zero-order valence-electron chi connectivity index (χ0n) is 13.1. The van der Waals surface area contributed by atoms with Gasteiger partial charge in [0, 0.05) is 49.8 Å². The lowest BCUT2D eigenvalue weighted by molar-refractivity contribution is 0.0705. The molecule has 2 aromatic rings. The molecule has 0 atom stereocenters. The number of hydrogen-bond acceptors (Lipinski definition) is 4. The first kappa shape index (κ1) is 14.7. The van der Waals surface area contributed by atoms with Gasteiger partial charge < -0.3 is 4.90 Å². The van der Waals surface area contributed by atoms with E-state index in [-0.39, 0.29) is 5.91 Å². The molecule has 0 saturated carbocycles. The summed E-state index contributed by atoms with van der Waals surface area (Å²) >= 11 is 0. The zero-order chi connectivity index (χ0) is 15.5. The number of piperidine rings is 1. The van der Waals surface area contributed by atoms with Crippen LogP contribution >= 0.6 is 0 Å². The molecule has 0 spiro atoms. The topological polar surface area (TPSA) is 63.9 Å². The molecular formula is C16H21N5O. The van der Waals surface area contributed by atoms with E-state index in [0.29, 0.717) is 11.6 Å². The van der Waals surface area contributed by atoms with Crippen molar-refractivity contribution in [3.05, 3.63) is 41.7 Å². The van der Waals surface area contributed by atoms with E-state index < -0.39 is 0 Å². The van der Waals surface area contributed by atoms with Crippen molar-refractivity contribution in [1.82, 2.24) is 24.6 Å². The summed E-state index contributed by atoms with van der Waals surface area (Å²) < 4.78 is 1.86. The van der Waals surface area contributed by atoms with E-state index in [1.165, 1.54) is 0 Å². The van der Waals surface area contributed by atoms with Gasteiger partial charge in [-0.05, 0) is 32.8 Å². The highest BCUT2D eigenvalue weighted by molar-refractivity contribution is 5.92. The van der Waals surface area contributed by atoms with E-state index in [1.54, 1.807) is 12.4 Å². The number of hydrogen-bond donors (Lipinski definition) is 0. The van der Waals surface area contributed by atoms with Crippen molar-refractivity contribution in [2.24, 2.45) is 0 Å². The van der Waals surface area contributed by atoms with Gasteiger partial charge in [-0.2, -0.15) is 5.10 Å². The smallest absolute Gasteiger partial charge is 0.274 e. The maximum Gasteiger partial charge on any atom is 0.274 e. The predicted molar refractivity (Wildman–Crippen MR) is 82.5 cm³/mol. The lowest BCUT2D eigenvalue weighted by atomic mass is 9.93. The number of nitrogens with zero attached hydrogens (tertiary/aromatic N) is 5. The molecule has 0 bridgehead atoms. The Morgan fingerprint density at radius 1 is 1.32 bits per heavy atom. The van der Waals surface area contributed by atoms with Gasteiger partial charge in [0.05, 0.1) is 5.69 Å². The van der Waals surface area contributed by atoms with Crippen molar-refractivity contribution in [2.45, 2.75) is 39.2 Å². The van der Waals surface area contributed by atoms with Crippen molar-refractivity contribution in [1.29, 1.82) is 0 Å². The Labute approximate surface area is 130 Å². The van der Waals surface area contributed by atoms with E-state index in [0.717, 1.165) is 43.9 Å². The number of rotatable bonds is 3. The first-order chi connectivity index (χ1) is 10.7. The fraction of sp³-hybridized carbons (Fsp3) is 0.500. The van der Waals surface area contributed by atoms with Gasteiger partial charge in [0.2, 0.25) is 0 Å². The summed E-state index contributed by atoms with van der Waals surface area (Å²) in [6.45, 7) is 6.29. The van der Waals surface area contributed by atoms with Gasteiger partial charge in [0.1, 0.15) is 0 Å². The Hall–Kier alpha value is -2.24. The Morgan fingerprint density at radius 2 is 2.09 bits per heavy atom. The summed E-state index contributed by atoms with van der Waals surface area (Å²) in [7, 11) is 0. The number of carbonyl (C=O) groups is 1. The third-order valence-corrected chi connectivity index (χ3v) is 4.28. The molecule has 0 N–H and O–H groups in total. The molecule has 3 rings (SSSR count). The monoisotopic (exact) mass is 299 g/mol. The van der Waals surface area contributed by atoms with Crippen molar-refractivity contribution in [2.75, 3.05) is 13.1 Å². The van der Waals surface area contributed by atoms with Crippen LogP contribution < -0.4 is 0 Å². The average molecular weight is 299 g/mol. The minimum atomic E-state index is 0.0351. The fourth-order valence-electron chi connectivity index (χ4n) is 3.00. The number of amides is 1. The van der Waals surface area contributed by atoms with Gasteiger partial charge in [0.25, 0.3) is 5.91 Å².